The fraction of sp³-hybridized carbons (Fsp3) is 0.0526. The van der Waals surface area contributed by atoms with Crippen molar-refractivity contribution in [2.45, 2.75) is 6.42 Å². The molecule has 0 bridgehead atoms. The van der Waals surface area contributed by atoms with Gasteiger partial charge in [0.1, 0.15) is 5.75 Å². The Hall–Kier alpha value is -3.12. The lowest BCUT2D eigenvalue weighted by Gasteiger charge is -2.06. The number of nitriles is 1. The molecule has 0 aliphatic rings. The van der Waals surface area contributed by atoms with Crippen molar-refractivity contribution < 1.29 is 9.53 Å². The van der Waals surface area contributed by atoms with Crippen molar-refractivity contribution >= 4 is 16.7 Å². The second-order valence-corrected chi connectivity index (χ2v) is 4.93. The standard InChI is InChI=1S/C19H13NO2/c20-12-11-14-5-9-18(10-6-14)22-19(21)17-8-7-15-3-1-2-4-16(15)13-17/h1-10,13H,11H2. The van der Waals surface area contributed by atoms with Crippen molar-refractivity contribution in [1.29, 1.82) is 5.26 Å². The molecule has 0 saturated carbocycles. The molecule has 3 rings (SSSR count). The molecule has 0 atom stereocenters. The molecule has 3 heteroatoms. The van der Waals surface area contributed by atoms with E-state index >= 15 is 0 Å². The second kappa shape index (κ2) is 6.11. The highest BCUT2D eigenvalue weighted by molar-refractivity contribution is 5.96. The van der Waals surface area contributed by atoms with E-state index in [2.05, 4.69) is 6.07 Å². The van der Waals surface area contributed by atoms with Gasteiger partial charge >= 0.3 is 5.97 Å². The molecular formula is C19H13NO2. The van der Waals surface area contributed by atoms with Crippen molar-refractivity contribution in [3.05, 3.63) is 77.9 Å². The van der Waals surface area contributed by atoms with E-state index < -0.39 is 5.97 Å². The van der Waals surface area contributed by atoms with Gasteiger partial charge in [0.2, 0.25) is 0 Å². The van der Waals surface area contributed by atoms with Crippen molar-refractivity contribution in [2.75, 3.05) is 0 Å². The Morgan fingerprint density at radius 1 is 0.955 bits per heavy atom. The summed E-state index contributed by atoms with van der Waals surface area (Å²) in [7, 11) is 0. The normalized spacial score (nSPS) is 10.1. The molecule has 0 aliphatic carbocycles. The Morgan fingerprint density at radius 3 is 2.41 bits per heavy atom. The first kappa shape index (κ1) is 13.8. The number of hydrogen-bond donors (Lipinski definition) is 0. The van der Waals surface area contributed by atoms with Gasteiger partial charge in [0.15, 0.2) is 0 Å². The minimum atomic E-state index is -0.390. The van der Waals surface area contributed by atoms with Crippen LogP contribution in [0.1, 0.15) is 15.9 Å². The summed E-state index contributed by atoms with van der Waals surface area (Å²) >= 11 is 0. The summed E-state index contributed by atoms with van der Waals surface area (Å²) in [4.78, 5) is 12.2. The summed E-state index contributed by atoms with van der Waals surface area (Å²) in [6.07, 6.45) is 0.346. The van der Waals surface area contributed by atoms with Gasteiger partial charge in [0, 0.05) is 0 Å². The van der Waals surface area contributed by atoms with Crippen LogP contribution in [0.2, 0.25) is 0 Å². The molecule has 0 N–H and O–H groups in total. The highest BCUT2D eigenvalue weighted by Gasteiger charge is 2.09. The fourth-order valence-corrected chi connectivity index (χ4v) is 2.25. The van der Waals surface area contributed by atoms with Gasteiger partial charge in [-0.15, -0.1) is 0 Å². The molecule has 0 heterocycles. The number of carbonyl (C=O) groups is 1. The summed E-state index contributed by atoms with van der Waals surface area (Å²) in [6.45, 7) is 0. The minimum absolute atomic E-state index is 0.346. The number of ether oxygens (including phenoxy) is 1. The Kier molecular flexibility index (Phi) is 3.84. The molecule has 3 nitrogen and oxygen atoms in total. The summed E-state index contributed by atoms with van der Waals surface area (Å²) < 4.78 is 5.36. The molecule has 3 aromatic carbocycles. The zero-order valence-electron chi connectivity index (χ0n) is 11.8. The van der Waals surface area contributed by atoms with Gasteiger partial charge in [-0.1, -0.05) is 42.5 Å². The highest BCUT2D eigenvalue weighted by Crippen LogP contribution is 2.18. The van der Waals surface area contributed by atoms with Crippen LogP contribution in [0.25, 0.3) is 10.8 Å². The van der Waals surface area contributed by atoms with E-state index in [-0.39, 0.29) is 0 Å². The van der Waals surface area contributed by atoms with Crippen LogP contribution >= 0.6 is 0 Å². The zero-order chi connectivity index (χ0) is 15.4. The quantitative estimate of drug-likeness (QED) is 0.537. The number of hydrogen-bond acceptors (Lipinski definition) is 3. The van der Waals surface area contributed by atoms with E-state index in [9.17, 15) is 4.79 Å². The van der Waals surface area contributed by atoms with E-state index in [4.69, 9.17) is 10.00 Å². The predicted octanol–water partition coefficient (Wildman–Crippen LogP) is 4.13. The van der Waals surface area contributed by atoms with E-state index in [1.807, 2.05) is 36.4 Å². The molecule has 0 radical (unpaired) electrons. The topological polar surface area (TPSA) is 50.1 Å². The molecule has 0 amide bonds. The maximum atomic E-state index is 12.2. The van der Waals surface area contributed by atoms with Gasteiger partial charge in [0.25, 0.3) is 0 Å². The molecular weight excluding hydrogens is 274 g/mol. The van der Waals surface area contributed by atoms with Crippen LogP contribution in [0.4, 0.5) is 0 Å². The first-order valence-electron chi connectivity index (χ1n) is 6.93. The summed E-state index contributed by atoms with van der Waals surface area (Å²) in [5.74, 6) is 0.0821. The monoisotopic (exact) mass is 287 g/mol. The predicted molar refractivity (Wildman–Crippen MR) is 84.7 cm³/mol. The molecule has 106 valence electrons. The molecule has 0 aromatic heterocycles. The van der Waals surface area contributed by atoms with Crippen molar-refractivity contribution in [3.63, 3.8) is 0 Å². The van der Waals surface area contributed by atoms with Gasteiger partial charge in [-0.05, 0) is 40.6 Å². The lowest BCUT2D eigenvalue weighted by atomic mass is 10.1. The average Bonchev–Trinajstić information content (AvgIpc) is 2.56. The number of esters is 1. The number of fused-ring (bicyclic) bond motifs is 1. The molecule has 0 spiro atoms. The third-order valence-corrected chi connectivity index (χ3v) is 3.40. The van der Waals surface area contributed by atoms with Crippen LogP contribution in [0, 0.1) is 11.3 Å². The van der Waals surface area contributed by atoms with Crippen LogP contribution in [0.3, 0.4) is 0 Å². The van der Waals surface area contributed by atoms with Gasteiger partial charge in [-0.25, -0.2) is 4.79 Å². The smallest absolute Gasteiger partial charge is 0.343 e. The van der Waals surface area contributed by atoms with Crippen molar-refractivity contribution in [2.24, 2.45) is 0 Å². The Bertz CT molecular complexity index is 860. The third-order valence-electron chi connectivity index (χ3n) is 3.40. The van der Waals surface area contributed by atoms with E-state index in [1.54, 1.807) is 30.3 Å². The first-order valence-corrected chi connectivity index (χ1v) is 6.93. The van der Waals surface area contributed by atoms with E-state index in [0.717, 1.165) is 16.3 Å². The summed E-state index contributed by atoms with van der Waals surface area (Å²) in [5, 5.41) is 10.7. The Labute approximate surface area is 128 Å². The van der Waals surface area contributed by atoms with Gasteiger partial charge in [0.05, 0.1) is 18.1 Å². The lowest BCUT2D eigenvalue weighted by Crippen LogP contribution is -2.08. The van der Waals surface area contributed by atoms with Crippen LogP contribution in [0.5, 0.6) is 5.75 Å². The SMILES string of the molecule is N#CCc1ccc(OC(=O)c2ccc3ccccc3c2)cc1. The number of carbonyl (C=O) groups excluding carboxylic acids is 1. The molecule has 0 unspecified atom stereocenters. The molecule has 3 aromatic rings. The lowest BCUT2D eigenvalue weighted by molar-refractivity contribution is 0.0735. The zero-order valence-corrected chi connectivity index (χ0v) is 11.8. The van der Waals surface area contributed by atoms with Crippen LogP contribution in [-0.2, 0) is 6.42 Å². The number of nitrogens with zero attached hydrogens (tertiary/aromatic N) is 1. The highest BCUT2D eigenvalue weighted by atomic mass is 16.5. The molecule has 0 saturated heterocycles. The van der Waals surface area contributed by atoms with Gasteiger partial charge in [-0.2, -0.15) is 5.26 Å². The van der Waals surface area contributed by atoms with Gasteiger partial charge < -0.3 is 4.74 Å². The number of benzene rings is 3. The van der Waals surface area contributed by atoms with Crippen LogP contribution in [0.15, 0.2) is 66.7 Å². The van der Waals surface area contributed by atoms with Crippen LogP contribution < -0.4 is 4.74 Å². The third kappa shape index (κ3) is 2.97. The second-order valence-electron chi connectivity index (χ2n) is 4.93. The van der Waals surface area contributed by atoms with E-state index in [1.165, 1.54) is 0 Å². The Balaban J connectivity index is 1.79. The van der Waals surface area contributed by atoms with Gasteiger partial charge in [-0.3, -0.25) is 0 Å². The minimum Gasteiger partial charge on any atom is -0.423 e. The van der Waals surface area contributed by atoms with Crippen LogP contribution in [-0.4, -0.2) is 5.97 Å². The summed E-state index contributed by atoms with van der Waals surface area (Å²) in [5.41, 5.74) is 1.41. The van der Waals surface area contributed by atoms with E-state index in [0.29, 0.717) is 17.7 Å². The van der Waals surface area contributed by atoms with Crippen molar-refractivity contribution in [3.8, 4) is 11.8 Å². The Morgan fingerprint density at radius 2 is 1.68 bits per heavy atom. The maximum absolute atomic E-state index is 12.2. The van der Waals surface area contributed by atoms with Crippen molar-refractivity contribution in [1.82, 2.24) is 0 Å². The largest absolute Gasteiger partial charge is 0.423 e. The fourth-order valence-electron chi connectivity index (χ4n) is 2.25. The average molecular weight is 287 g/mol. The summed E-state index contributed by atoms with van der Waals surface area (Å²) in [6, 6.07) is 22.4. The first-order chi connectivity index (χ1) is 10.8. The number of rotatable bonds is 3. The maximum Gasteiger partial charge on any atom is 0.343 e. The molecule has 22 heavy (non-hydrogen) atoms. The molecule has 0 fully saturated rings. The molecule has 0 aliphatic heterocycles.